The van der Waals surface area contributed by atoms with E-state index in [1.54, 1.807) is 12.1 Å². The highest BCUT2D eigenvalue weighted by molar-refractivity contribution is 6.00. The lowest BCUT2D eigenvalue weighted by Crippen LogP contribution is -2.19. The summed E-state index contributed by atoms with van der Waals surface area (Å²) >= 11 is 0. The van der Waals surface area contributed by atoms with E-state index in [0.717, 1.165) is 11.1 Å². The second-order valence-electron chi connectivity index (χ2n) is 8.80. The van der Waals surface area contributed by atoms with E-state index in [1.807, 2.05) is 25.2 Å². The number of nitrogens with one attached hydrogen (secondary N) is 1. The molecule has 4 heteroatoms. The lowest BCUT2D eigenvalue weighted by molar-refractivity contribution is -0.111. The van der Waals surface area contributed by atoms with Gasteiger partial charge in [0, 0.05) is 11.8 Å². The van der Waals surface area contributed by atoms with Crippen molar-refractivity contribution in [1.82, 2.24) is 0 Å². The maximum Gasteiger partial charge on any atom is 0.335 e. The number of benzene rings is 1. The molecule has 1 aliphatic carbocycles. The van der Waals surface area contributed by atoms with E-state index in [-0.39, 0.29) is 16.9 Å². The average molecular weight is 420 g/mol. The van der Waals surface area contributed by atoms with Crippen LogP contribution in [0, 0.1) is 5.41 Å². The van der Waals surface area contributed by atoms with Crippen LogP contribution in [0.4, 0.5) is 5.69 Å². The standard InChI is InChI=1S/C27H33NO3/c1-19(14-15-24-21(3)11-8-16-27(24,4)5)9-6-10-20(2)17-25(29)28-23-13-7-12-22(18-23)26(30)31/h6-7,9-10,12-15,17-18H,8,11,16H2,1-5H3,(H,28,29)(H,30,31)/b10-6+,15-14+,19-9+,20-17+. The second-order valence-corrected chi connectivity index (χ2v) is 8.80. The van der Waals surface area contributed by atoms with Crippen LogP contribution in [0.15, 0.2) is 83.0 Å². The van der Waals surface area contributed by atoms with Gasteiger partial charge in [-0.1, -0.05) is 61.4 Å². The molecule has 2 N–H and O–H groups in total. The van der Waals surface area contributed by atoms with Crippen molar-refractivity contribution in [1.29, 1.82) is 0 Å². The minimum atomic E-state index is -1.03. The molecule has 1 aliphatic rings. The number of anilines is 1. The van der Waals surface area contributed by atoms with Crippen LogP contribution in [0.3, 0.4) is 0 Å². The van der Waals surface area contributed by atoms with Crippen LogP contribution < -0.4 is 5.32 Å². The van der Waals surface area contributed by atoms with Crippen LogP contribution >= 0.6 is 0 Å². The Balaban J connectivity index is 1.98. The van der Waals surface area contributed by atoms with E-state index in [4.69, 9.17) is 5.11 Å². The number of carboxylic acid groups (broad SMARTS) is 1. The summed E-state index contributed by atoms with van der Waals surface area (Å²) in [6.07, 6.45) is 15.4. The molecule has 0 saturated carbocycles. The number of carboxylic acids is 1. The minimum absolute atomic E-state index is 0.134. The Hall–Kier alpha value is -3.14. The molecule has 0 saturated heterocycles. The van der Waals surface area contributed by atoms with Gasteiger partial charge in [-0.2, -0.15) is 0 Å². The third-order valence-corrected chi connectivity index (χ3v) is 5.51. The monoisotopic (exact) mass is 419 g/mol. The molecule has 0 atom stereocenters. The second kappa shape index (κ2) is 10.8. The van der Waals surface area contributed by atoms with Crippen molar-refractivity contribution in [3.8, 4) is 0 Å². The number of aromatic carboxylic acids is 1. The fourth-order valence-corrected chi connectivity index (χ4v) is 3.80. The summed E-state index contributed by atoms with van der Waals surface area (Å²) in [5.41, 5.74) is 5.67. The fraction of sp³-hybridized carbons (Fsp3) is 0.333. The van der Waals surface area contributed by atoms with Crippen LogP contribution in [-0.4, -0.2) is 17.0 Å². The first-order chi connectivity index (χ1) is 14.6. The van der Waals surface area contributed by atoms with Crippen LogP contribution in [0.2, 0.25) is 0 Å². The Morgan fingerprint density at radius 3 is 2.55 bits per heavy atom. The normalized spacial score (nSPS) is 17.5. The third-order valence-electron chi connectivity index (χ3n) is 5.51. The molecule has 0 heterocycles. The zero-order valence-electron chi connectivity index (χ0n) is 19.2. The van der Waals surface area contributed by atoms with Crippen molar-refractivity contribution in [3.05, 3.63) is 88.6 Å². The number of allylic oxidation sites excluding steroid dienone is 9. The highest BCUT2D eigenvalue weighted by Crippen LogP contribution is 2.40. The van der Waals surface area contributed by atoms with Gasteiger partial charge in [0.25, 0.3) is 0 Å². The van der Waals surface area contributed by atoms with E-state index < -0.39 is 5.97 Å². The third kappa shape index (κ3) is 7.56. The largest absolute Gasteiger partial charge is 0.478 e. The maximum absolute atomic E-state index is 12.2. The molecule has 0 unspecified atom stereocenters. The molecule has 0 aliphatic heterocycles. The van der Waals surface area contributed by atoms with Gasteiger partial charge in [-0.15, -0.1) is 0 Å². The molecule has 1 aromatic rings. The zero-order valence-corrected chi connectivity index (χ0v) is 19.2. The summed E-state index contributed by atoms with van der Waals surface area (Å²) in [6, 6.07) is 6.18. The molecule has 0 radical (unpaired) electrons. The lowest BCUT2D eigenvalue weighted by Gasteiger charge is -2.32. The number of hydrogen-bond acceptors (Lipinski definition) is 2. The Labute approximate surface area is 185 Å². The van der Waals surface area contributed by atoms with Crippen molar-refractivity contribution in [3.63, 3.8) is 0 Å². The molecule has 1 amide bonds. The van der Waals surface area contributed by atoms with E-state index >= 15 is 0 Å². The maximum atomic E-state index is 12.2. The van der Waals surface area contributed by atoms with Crippen LogP contribution in [0.1, 0.15) is 64.2 Å². The molecular formula is C27H33NO3. The van der Waals surface area contributed by atoms with E-state index in [9.17, 15) is 9.59 Å². The average Bonchev–Trinajstić information content (AvgIpc) is 2.67. The Kier molecular flexibility index (Phi) is 8.38. The fourth-order valence-electron chi connectivity index (χ4n) is 3.80. The highest BCUT2D eigenvalue weighted by Gasteiger charge is 2.26. The van der Waals surface area contributed by atoms with Crippen molar-refractivity contribution in [2.24, 2.45) is 5.41 Å². The van der Waals surface area contributed by atoms with Crippen LogP contribution in [0.5, 0.6) is 0 Å². The van der Waals surface area contributed by atoms with Crippen molar-refractivity contribution in [2.45, 2.75) is 53.9 Å². The summed E-state index contributed by atoms with van der Waals surface area (Å²) in [7, 11) is 0. The SMILES string of the molecule is CC1=C(/C=C/C(C)=C/C=C/C(C)=C/C(=O)Nc2cccc(C(=O)O)c2)C(C)(C)CCC1. The van der Waals surface area contributed by atoms with Gasteiger partial charge in [0.1, 0.15) is 0 Å². The van der Waals surface area contributed by atoms with Crippen molar-refractivity contribution < 1.29 is 14.7 Å². The number of rotatable bonds is 7. The number of carbonyl (C=O) groups excluding carboxylic acids is 1. The van der Waals surface area contributed by atoms with Gasteiger partial charge in [0.05, 0.1) is 5.56 Å². The van der Waals surface area contributed by atoms with E-state index in [1.165, 1.54) is 48.6 Å². The molecule has 0 fully saturated rings. The van der Waals surface area contributed by atoms with Gasteiger partial charge < -0.3 is 10.4 Å². The zero-order chi connectivity index (χ0) is 23.0. The first-order valence-corrected chi connectivity index (χ1v) is 10.6. The van der Waals surface area contributed by atoms with E-state index in [0.29, 0.717) is 5.69 Å². The molecule has 0 spiro atoms. The number of carbonyl (C=O) groups is 2. The molecule has 1 aromatic carbocycles. The highest BCUT2D eigenvalue weighted by atomic mass is 16.4. The predicted octanol–water partition coefficient (Wildman–Crippen LogP) is 6.85. The molecule has 2 rings (SSSR count). The molecule has 0 aromatic heterocycles. The van der Waals surface area contributed by atoms with Gasteiger partial charge in [0.2, 0.25) is 5.91 Å². The Bertz CT molecular complexity index is 987. The Morgan fingerprint density at radius 2 is 1.87 bits per heavy atom. The molecule has 4 nitrogen and oxygen atoms in total. The summed E-state index contributed by atoms with van der Waals surface area (Å²) in [4.78, 5) is 23.2. The summed E-state index contributed by atoms with van der Waals surface area (Å²) < 4.78 is 0. The van der Waals surface area contributed by atoms with Crippen molar-refractivity contribution >= 4 is 17.6 Å². The topological polar surface area (TPSA) is 66.4 Å². The molecular weight excluding hydrogens is 386 g/mol. The Morgan fingerprint density at radius 1 is 1.13 bits per heavy atom. The molecule has 164 valence electrons. The number of hydrogen-bond donors (Lipinski definition) is 2. The minimum Gasteiger partial charge on any atom is -0.478 e. The quantitative estimate of drug-likeness (QED) is 0.375. The van der Waals surface area contributed by atoms with Crippen molar-refractivity contribution in [2.75, 3.05) is 5.32 Å². The summed E-state index contributed by atoms with van der Waals surface area (Å²) in [5.74, 6) is -1.33. The molecule has 0 bridgehead atoms. The van der Waals surface area contributed by atoms with Gasteiger partial charge in [0.15, 0.2) is 0 Å². The lowest BCUT2D eigenvalue weighted by atomic mass is 9.72. The van der Waals surface area contributed by atoms with Gasteiger partial charge in [-0.3, -0.25) is 4.79 Å². The first-order valence-electron chi connectivity index (χ1n) is 10.6. The smallest absolute Gasteiger partial charge is 0.335 e. The first kappa shape index (κ1) is 24.1. The number of amides is 1. The molecule has 31 heavy (non-hydrogen) atoms. The summed E-state index contributed by atoms with van der Waals surface area (Å²) in [5, 5.41) is 11.7. The van der Waals surface area contributed by atoms with E-state index in [2.05, 4.69) is 45.2 Å². The van der Waals surface area contributed by atoms with Gasteiger partial charge in [-0.05, 0) is 74.8 Å². The van der Waals surface area contributed by atoms with Gasteiger partial charge >= 0.3 is 5.97 Å². The predicted molar refractivity (Wildman–Crippen MR) is 128 cm³/mol. The van der Waals surface area contributed by atoms with Gasteiger partial charge in [-0.25, -0.2) is 4.79 Å². The van der Waals surface area contributed by atoms with Crippen LogP contribution in [-0.2, 0) is 4.79 Å². The van der Waals surface area contributed by atoms with Crippen LogP contribution in [0.25, 0.3) is 0 Å². The summed E-state index contributed by atoms with van der Waals surface area (Å²) in [6.45, 7) is 10.8.